The van der Waals surface area contributed by atoms with Crippen molar-refractivity contribution in [2.45, 2.75) is 49.2 Å². The number of carbonyl (C=O) groups excluding carboxylic acids is 1. The first kappa shape index (κ1) is 22.7. The molecule has 30 heavy (non-hydrogen) atoms. The van der Waals surface area contributed by atoms with Gasteiger partial charge >= 0.3 is 0 Å². The largest absolute Gasteiger partial charge is 0.354 e. The molecule has 0 saturated heterocycles. The van der Waals surface area contributed by atoms with Crippen molar-refractivity contribution in [3.05, 3.63) is 60.2 Å². The molecule has 1 amide bonds. The lowest BCUT2D eigenvalue weighted by Crippen LogP contribution is -2.41. The predicted octanol–water partition coefficient (Wildman–Crippen LogP) is 4.37. The van der Waals surface area contributed by atoms with Gasteiger partial charge in [-0.3, -0.25) is 9.10 Å². The molecule has 1 N–H and O–H groups in total. The molecule has 1 aliphatic carbocycles. The van der Waals surface area contributed by atoms with E-state index in [0.717, 1.165) is 11.3 Å². The summed E-state index contributed by atoms with van der Waals surface area (Å²) < 4.78 is 27.7. The van der Waals surface area contributed by atoms with Crippen LogP contribution in [0.1, 0.15) is 37.7 Å². The van der Waals surface area contributed by atoms with Crippen molar-refractivity contribution in [1.29, 1.82) is 0 Å². The van der Waals surface area contributed by atoms with E-state index in [4.69, 9.17) is 0 Å². The Morgan fingerprint density at radius 2 is 1.70 bits per heavy atom. The third-order valence-electron chi connectivity index (χ3n) is 5.27. The molecular formula is C23H30N2O3S2. The number of para-hydroxylation sites is 1. The van der Waals surface area contributed by atoms with E-state index in [9.17, 15) is 13.2 Å². The third kappa shape index (κ3) is 6.25. The molecule has 0 heterocycles. The van der Waals surface area contributed by atoms with Gasteiger partial charge in [0.05, 0.1) is 10.6 Å². The van der Waals surface area contributed by atoms with Gasteiger partial charge in [0.2, 0.25) is 5.91 Å². The average Bonchev–Trinajstić information content (AvgIpc) is 2.76. The second-order valence-corrected chi connectivity index (χ2v) is 10.9. The van der Waals surface area contributed by atoms with Gasteiger partial charge < -0.3 is 5.32 Å². The van der Waals surface area contributed by atoms with Crippen molar-refractivity contribution < 1.29 is 13.2 Å². The first-order chi connectivity index (χ1) is 14.5. The number of nitrogens with zero attached hydrogens (tertiary/aromatic N) is 1. The van der Waals surface area contributed by atoms with Gasteiger partial charge in [-0.25, -0.2) is 8.42 Å². The topological polar surface area (TPSA) is 66.5 Å². The zero-order valence-electron chi connectivity index (χ0n) is 17.4. The Kier molecular flexibility index (Phi) is 8.22. The number of thioether (sulfide) groups is 1. The molecule has 0 aromatic heterocycles. The van der Waals surface area contributed by atoms with E-state index in [1.54, 1.807) is 48.5 Å². The predicted molar refractivity (Wildman–Crippen MR) is 124 cm³/mol. The molecule has 7 heteroatoms. The van der Waals surface area contributed by atoms with Gasteiger partial charge in [0.25, 0.3) is 10.0 Å². The lowest BCUT2D eigenvalue weighted by Gasteiger charge is -2.24. The van der Waals surface area contributed by atoms with Crippen LogP contribution < -0.4 is 9.62 Å². The van der Waals surface area contributed by atoms with Crippen molar-refractivity contribution >= 4 is 33.4 Å². The summed E-state index contributed by atoms with van der Waals surface area (Å²) >= 11 is 1.91. The summed E-state index contributed by atoms with van der Waals surface area (Å²) in [5.74, 6) is 0.561. The quantitative estimate of drug-likeness (QED) is 0.581. The number of hydrogen-bond donors (Lipinski definition) is 1. The summed E-state index contributed by atoms with van der Waals surface area (Å²) in [6.07, 6.45) is 6.45. The van der Waals surface area contributed by atoms with E-state index in [-0.39, 0.29) is 17.3 Å². The van der Waals surface area contributed by atoms with E-state index in [1.165, 1.54) is 36.4 Å². The van der Waals surface area contributed by atoms with Gasteiger partial charge in [-0.05, 0) is 44.0 Å². The zero-order valence-corrected chi connectivity index (χ0v) is 19.1. The van der Waals surface area contributed by atoms with Gasteiger partial charge in [0.1, 0.15) is 6.54 Å². The van der Waals surface area contributed by atoms with Crippen molar-refractivity contribution in [2.24, 2.45) is 0 Å². The molecule has 1 aliphatic rings. The highest BCUT2D eigenvalue weighted by Gasteiger charge is 2.27. The third-order valence-corrected chi connectivity index (χ3v) is 8.44. The van der Waals surface area contributed by atoms with Crippen LogP contribution in [0, 0.1) is 6.92 Å². The van der Waals surface area contributed by atoms with Gasteiger partial charge in [-0.1, -0.05) is 55.2 Å². The molecule has 3 rings (SSSR count). The number of carbonyl (C=O) groups is 1. The summed E-state index contributed by atoms with van der Waals surface area (Å²) in [5.41, 5.74) is 1.46. The number of nitrogens with one attached hydrogen (secondary N) is 1. The normalized spacial score (nSPS) is 15.0. The maximum Gasteiger partial charge on any atom is 0.264 e. The van der Waals surface area contributed by atoms with Crippen LogP contribution in [-0.4, -0.2) is 38.4 Å². The molecular weight excluding hydrogens is 416 g/mol. The van der Waals surface area contributed by atoms with Crippen LogP contribution in [0.3, 0.4) is 0 Å². The number of amides is 1. The smallest absolute Gasteiger partial charge is 0.264 e. The average molecular weight is 447 g/mol. The molecule has 0 aliphatic heterocycles. The Morgan fingerprint density at radius 3 is 2.37 bits per heavy atom. The minimum absolute atomic E-state index is 0.178. The summed E-state index contributed by atoms with van der Waals surface area (Å²) in [4.78, 5) is 12.8. The standard InChI is InChI=1S/C23H30N2O3S2/c1-19-12-14-22(15-13-19)30(27,28)25(20-8-4-2-5-9-20)18-23(26)24-16-17-29-21-10-6-3-7-11-21/h2,4-5,8-9,12-15,21H,3,6-7,10-11,16-18H2,1H3,(H,24,26). The number of benzene rings is 2. The van der Waals surface area contributed by atoms with Crippen LogP contribution in [0.5, 0.6) is 0 Å². The Labute approximate surface area is 184 Å². The van der Waals surface area contributed by atoms with Gasteiger partial charge in [-0.2, -0.15) is 11.8 Å². The van der Waals surface area contributed by atoms with Gasteiger partial charge in [0.15, 0.2) is 0 Å². The monoisotopic (exact) mass is 446 g/mol. The number of hydrogen-bond acceptors (Lipinski definition) is 4. The highest BCUT2D eigenvalue weighted by molar-refractivity contribution is 7.99. The summed E-state index contributed by atoms with van der Waals surface area (Å²) in [6, 6.07) is 15.5. The molecule has 0 atom stereocenters. The second kappa shape index (κ2) is 10.9. The number of anilines is 1. The SMILES string of the molecule is Cc1ccc(S(=O)(=O)N(CC(=O)NCCSC2CCCCC2)c2ccccc2)cc1. The molecule has 2 aromatic carbocycles. The molecule has 0 radical (unpaired) electrons. The van der Waals surface area contributed by atoms with Crippen LogP contribution in [0.15, 0.2) is 59.5 Å². The highest BCUT2D eigenvalue weighted by atomic mass is 32.2. The molecule has 0 bridgehead atoms. The van der Waals surface area contributed by atoms with Crippen LogP contribution in [0.25, 0.3) is 0 Å². The maximum absolute atomic E-state index is 13.3. The van der Waals surface area contributed by atoms with Gasteiger partial charge in [-0.15, -0.1) is 0 Å². The van der Waals surface area contributed by atoms with E-state index in [0.29, 0.717) is 17.5 Å². The van der Waals surface area contributed by atoms with Crippen LogP contribution in [-0.2, 0) is 14.8 Å². The molecule has 1 fully saturated rings. The summed E-state index contributed by atoms with van der Waals surface area (Å²) in [7, 11) is -3.85. The number of rotatable bonds is 9. The molecule has 0 spiro atoms. The van der Waals surface area contributed by atoms with E-state index in [1.807, 2.05) is 24.8 Å². The minimum atomic E-state index is -3.85. The summed E-state index contributed by atoms with van der Waals surface area (Å²) in [6.45, 7) is 2.21. The van der Waals surface area contributed by atoms with Crippen molar-refractivity contribution in [3.8, 4) is 0 Å². The van der Waals surface area contributed by atoms with Crippen molar-refractivity contribution in [3.63, 3.8) is 0 Å². The Hall–Kier alpha value is -1.99. The van der Waals surface area contributed by atoms with Crippen LogP contribution >= 0.6 is 11.8 Å². The van der Waals surface area contributed by atoms with Crippen LogP contribution in [0.2, 0.25) is 0 Å². The molecule has 0 unspecified atom stereocenters. The first-order valence-corrected chi connectivity index (χ1v) is 13.0. The van der Waals surface area contributed by atoms with E-state index in [2.05, 4.69) is 5.32 Å². The zero-order chi connectivity index (χ0) is 21.4. The Bertz CT molecular complexity index is 909. The summed E-state index contributed by atoms with van der Waals surface area (Å²) in [5, 5.41) is 3.58. The lowest BCUT2D eigenvalue weighted by molar-refractivity contribution is -0.119. The maximum atomic E-state index is 13.3. The van der Waals surface area contributed by atoms with E-state index >= 15 is 0 Å². The second-order valence-electron chi connectivity index (χ2n) is 7.64. The number of aryl methyl sites for hydroxylation is 1. The number of sulfonamides is 1. The fraction of sp³-hybridized carbons (Fsp3) is 0.435. The van der Waals surface area contributed by atoms with Gasteiger partial charge in [0, 0.05) is 17.5 Å². The fourth-order valence-electron chi connectivity index (χ4n) is 3.58. The molecule has 162 valence electrons. The highest BCUT2D eigenvalue weighted by Crippen LogP contribution is 2.28. The first-order valence-electron chi connectivity index (χ1n) is 10.5. The Morgan fingerprint density at radius 1 is 1.03 bits per heavy atom. The van der Waals surface area contributed by atoms with E-state index < -0.39 is 10.0 Å². The van der Waals surface area contributed by atoms with Crippen LogP contribution in [0.4, 0.5) is 5.69 Å². The van der Waals surface area contributed by atoms with Crippen molar-refractivity contribution in [2.75, 3.05) is 23.1 Å². The fourth-order valence-corrected chi connectivity index (χ4v) is 6.22. The lowest BCUT2D eigenvalue weighted by atomic mass is 10.0. The molecule has 5 nitrogen and oxygen atoms in total. The molecule has 2 aromatic rings. The van der Waals surface area contributed by atoms with Crippen molar-refractivity contribution in [1.82, 2.24) is 5.32 Å². The minimum Gasteiger partial charge on any atom is -0.354 e. The Balaban J connectivity index is 1.64. The molecule has 1 saturated carbocycles.